The van der Waals surface area contributed by atoms with Crippen molar-refractivity contribution >= 4 is 28.8 Å². The second-order valence-corrected chi connectivity index (χ2v) is 5.21. The van der Waals surface area contributed by atoms with Crippen molar-refractivity contribution in [1.82, 2.24) is 9.97 Å². The third kappa shape index (κ3) is 4.42. The second kappa shape index (κ2) is 6.08. The van der Waals surface area contributed by atoms with E-state index in [0.29, 0.717) is 10.6 Å². The van der Waals surface area contributed by atoms with Crippen molar-refractivity contribution in [3.63, 3.8) is 0 Å². The Bertz CT molecular complexity index is 617. The molecule has 2 aromatic heterocycles. The molecule has 3 N–H and O–H groups in total. The fourth-order valence-electron chi connectivity index (χ4n) is 1.55. The minimum Gasteiger partial charge on any atom is -0.368 e. The van der Waals surface area contributed by atoms with Crippen molar-refractivity contribution in [2.24, 2.45) is 5.10 Å². The SMILES string of the molecule is Cc1cc(N/N=C(/Cc2cccs2)C(F)(F)F)nc(N)n1. The van der Waals surface area contributed by atoms with E-state index in [1.54, 1.807) is 24.4 Å². The van der Waals surface area contributed by atoms with Crippen LogP contribution >= 0.6 is 11.3 Å². The van der Waals surface area contributed by atoms with E-state index in [2.05, 4.69) is 20.5 Å². The van der Waals surface area contributed by atoms with Gasteiger partial charge in [0.2, 0.25) is 5.95 Å². The van der Waals surface area contributed by atoms with Crippen molar-refractivity contribution in [1.29, 1.82) is 0 Å². The van der Waals surface area contributed by atoms with E-state index in [-0.39, 0.29) is 18.2 Å². The lowest BCUT2D eigenvalue weighted by Gasteiger charge is -2.10. The molecule has 0 aliphatic carbocycles. The summed E-state index contributed by atoms with van der Waals surface area (Å²) >= 11 is 1.24. The van der Waals surface area contributed by atoms with Gasteiger partial charge in [-0.05, 0) is 18.4 Å². The topological polar surface area (TPSA) is 76.2 Å². The summed E-state index contributed by atoms with van der Waals surface area (Å²) in [4.78, 5) is 8.17. The number of hydrogen-bond donors (Lipinski definition) is 2. The van der Waals surface area contributed by atoms with Crippen LogP contribution in [0.25, 0.3) is 0 Å². The molecule has 2 rings (SSSR count). The van der Waals surface area contributed by atoms with Gasteiger partial charge in [0.1, 0.15) is 5.71 Å². The van der Waals surface area contributed by atoms with Crippen molar-refractivity contribution in [3.05, 3.63) is 34.2 Å². The Morgan fingerprint density at radius 1 is 1.43 bits per heavy atom. The Morgan fingerprint density at radius 2 is 2.19 bits per heavy atom. The molecule has 0 bridgehead atoms. The van der Waals surface area contributed by atoms with Crippen LogP contribution in [-0.4, -0.2) is 21.9 Å². The monoisotopic (exact) mass is 315 g/mol. The summed E-state index contributed by atoms with van der Waals surface area (Å²) in [6, 6.07) is 4.77. The lowest BCUT2D eigenvalue weighted by Crippen LogP contribution is -2.26. The number of alkyl halides is 3. The van der Waals surface area contributed by atoms with Crippen molar-refractivity contribution in [2.45, 2.75) is 19.5 Å². The lowest BCUT2D eigenvalue weighted by molar-refractivity contribution is -0.0601. The molecule has 0 fully saturated rings. The number of thiophene rings is 1. The van der Waals surface area contributed by atoms with Gasteiger partial charge in [0.15, 0.2) is 5.82 Å². The van der Waals surface area contributed by atoms with Gasteiger partial charge in [-0.15, -0.1) is 11.3 Å². The molecule has 0 amide bonds. The van der Waals surface area contributed by atoms with Crippen molar-refractivity contribution in [3.8, 4) is 0 Å². The summed E-state index contributed by atoms with van der Waals surface area (Å²) in [5.74, 6) is 0.0902. The van der Waals surface area contributed by atoms with E-state index < -0.39 is 11.9 Å². The minimum atomic E-state index is -4.52. The summed E-state index contributed by atoms with van der Waals surface area (Å²) < 4.78 is 38.8. The number of nitrogens with one attached hydrogen (secondary N) is 1. The van der Waals surface area contributed by atoms with Crippen LogP contribution in [0.2, 0.25) is 0 Å². The highest BCUT2D eigenvalue weighted by Crippen LogP contribution is 2.22. The van der Waals surface area contributed by atoms with Gasteiger partial charge in [-0.25, -0.2) is 4.98 Å². The maximum Gasteiger partial charge on any atom is 0.431 e. The largest absolute Gasteiger partial charge is 0.431 e. The van der Waals surface area contributed by atoms with Gasteiger partial charge in [0.05, 0.1) is 0 Å². The fourth-order valence-corrected chi connectivity index (χ4v) is 2.26. The maximum absolute atomic E-state index is 12.9. The van der Waals surface area contributed by atoms with Crippen LogP contribution in [0, 0.1) is 6.92 Å². The van der Waals surface area contributed by atoms with Crippen LogP contribution in [-0.2, 0) is 6.42 Å². The molecule has 9 heteroatoms. The Balaban J connectivity index is 2.20. The summed E-state index contributed by atoms with van der Waals surface area (Å²) in [7, 11) is 0. The molecule has 0 unspecified atom stereocenters. The predicted octanol–water partition coefficient (Wildman–Crippen LogP) is 3.00. The normalized spacial score (nSPS) is 12.5. The standard InChI is InChI=1S/C12H12F3N5S/c1-7-5-10(18-11(16)17-7)20-19-9(12(13,14)15)6-8-3-2-4-21-8/h2-5H,6H2,1H3,(H3,16,17,18,20)/b19-9-. The quantitative estimate of drug-likeness (QED) is 0.672. The molecule has 0 spiro atoms. The molecule has 5 nitrogen and oxygen atoms in total. The minimum absolute atomic E-state index is 0.0282. The van der Waals surface area contributed by atoms with Crippen LogP contribution in [0.3, 0.4) is 0 Å². The Morgan fingerprint density at radius 3 is 2.76 bits per heavy atom. The van der Waals surface area contributed by atoms with E-state index in [4.69, 9.17) is 5.73 Å². The van der Waals surface area contributed by atoms with Crippen LogP contribution in [0.4, 0.5) is 24.9 Å². The smallest absolute Gasteiger partial charge is 0.368 e. The van der Waals surface area contributed by atoms with E-state index in [0.717, 1.165) is 0 Å². The molecule has 2 heterocycles. The number of rotatable bonds is 4. The zero-order valence-electron chi connectivity index (χ0n) is 11.0. The van der Waals surface area contributed by atoms with E-state index in [1.165, 1.54) is 17.4 Å². The molecule has 0 aromatic carbocycles. The third-order valence-corrected chi connectivity index (χ3v) is 3.30. The number of hydrazone groups is 1. The molecule has 112 valence electrons. The van der Waals surface area contributed by atoms with Crippen LogP contribution in [0.5, 0.6) is 0 Å². The molecule has 0 radical (unpaired) electrons. The number of hydrogen-bond acceptors (Lipinski definition) is 6. The molecule has 0 atom stereocenters. The molecule has 0 saturated heterocycles. The highest BCUT2D eigenvalue weighted by atomic mass is 32.1. The molecule has 0 saturated carbocycles. The van der Waals surface area contributed by atoms with Crippen LogP contribution in [0.15, 0.2) is 28.7 Å². The summed E-state index contributed by atoms with van der Waals surface area (Å²) in [6.07, 6.45) is -4.82. The van der Waals surface area contributed by atoms with Gasteiger partial charge in [0.25, 0.3) is 0 Å². The number of nitrogens with two attached hydrogens (primary N) is 1. The third-order valence-electron chi connectivity index (χ3n) is 2.43. The first-order chi connectivity index (χ1) is 9.84. The van der Waals surface area contributed by atoms with Gasteiger partial charge in [-0.2, -0.15) is 23.3 Å². The van der Waals surface area contributed by atoms with E-state index >= 15 is 0 Å². The molecular formula is C12H12F3N5S. The number of aryl methyl sites for hydroxylation is 1. The number of aromatic nitrogens is 2. The highest BCUT2D eigenvalue weighted by molar-refractivity contribution is 7.10. The van der Waals surface area contributed by atoms with Crippen LogP contribution < -0.4 is 11.2 Å². The average molecular weight is 315 g/mol. The van der Waals surface area contributed by atoms with Gasteiger partial charge >= 0.3 is 6.18 Å². The molecular weight excluding hydrogens is 303 g/mol. The molecule has 2 aromatic rings. The second-order valence-electron chi connectivity index (χ2n) is 4.18. The van der Waals surface area contributed by atoms with Gasteiger partial charge in [-0.3, -0.25) is 5.43 Å². The molecule has 0 aliphatic heterocycles. The predicted molar refractivity (Wildman–Crippen MR) is 76.3 cm³/mol. The average Bonchev–Trinajstić information content (AvgIpc) is 2.84. The van der Waals surface area contributed by atoms with Gasteiger partial charge in [-0.1, -0.05) is 6.07 Å². The zero-order chi connectivity index (χ0) is 15.5. The van der Waals surface area contributed by atoms with Crippen LogP contribution in [0.1, 0.15) is 10.6 Å². The fraction of sp³-hybridized carbons (Fsp3) is 0.250. The summed E-state index contributed by atoms with van der Waals surface area (Å²) in [5.41, 5.74) is 7.32. The van der Waals surface area contributed by atoms with Gasteiger partial charge < -0.3 is 5.73 Å². The number of halogens is 3. The Labute approximate surface area is 122 Å². The zero-order valence-corrected chi connectivity index (χ0v) is 11.8. The Kier molecular flexibility index (Phi) is 4.41. The van der Waals surface area contributed by atoms with Gasteiger partial charge in [0, 0.05) is 23.1 Å². The number of anilines is 2. The summed E-state index contributed by atoms with van der Waals surface area (Å²) in [5, 5.41) is 5.14. The number of nitrogen functional groups attached to an aromatic ring is 1. The molecule has 0 aliphatic rings. The number of nitrogens with zero attached hydrogens (tertiary/aromatic N) is 3. The van der Waals surface area contributed by atoms with Crippen molar-refractivity contribution < 1.29 is 13.2 Å². The van der Waals surface area contributed by atoms with Crippen molar-refractivity contribution in [2.75, 3.05) is 11.2 Å². The van der Waals surface area contributed by atoms with E-state index in [9.17, 15) is 13.2 Å². The highest BCUT2D eigenvalue weighted by Gasteiger charge is 2.36. The first kappa shape index (κ1) is 15.2. The first-order valence-corrected chi connectivity index (χ1v) is 6.76. The maximum atomic E-state index is 12.9. The lowest BCUT2D eigenvalue weighted by atomic mass is 10.2. The molecule has 21 heavy (non-hydrogen) atoms. The Hall–Kier alpha value is -2.16. The summed E-state index contributed by atoms with van der Waals surface area (Å²) in [6.45, 7) is 1.66. The van der Waals surface area contributed by atoms with E-state index in [1.807, 2.05) is 0 Å². The first-order valence-electron chi connectivity index (χ1n) is 5.88.